The van der Waals surface area contributed by atoms with Crippen LogP contribution in [0.4, 0.5) is 18.9 Å². The predicted octanol–water partition coefficient (Wildman–Crippen LogP) is 4.72. The Morgan fingerprint density at radius 2 is 1.96 bits per heavy atom. The molecule has 0 aliphatic heterocycles. The molecule has 128 valence electrons. The van der Waals surface area contributed by atoms with Crippen molar-refractivity contribution in [3.63, 3.8) is 0 Å². The van der Waals surface area contributed by atoms with Gasteiger partial charge in [-0.15, -0.1) is 0 Å². The first-order chi connectivity index (χ1) is 11.2. The lowest BCUT2D eigenvalue weighted by molar-refractivity contribution is -0.137. The highest BCUT2D eigenvalue weighted by Crippen LogP contribution is 2.36. The number of phenolic OH excluding ortho intramolecular Hbond substituents is 1. The first kappa shape index (κ1) is 17.9. The van der Waals surface area contributed by atoms with Crippen LogP contribution in [0.15, 0.2) is 36.4 Å². The lowest BCUT2D eigenvalue weighted by Gasteiger charge is -2.12. The largest absolute Gasteiger partial charge is 0.507 e. The van der Waals surface area contributed by atoms with E-state index in [0.29, 0.717) is 12.4 Å². The maximum atomic E-state index is 12.8. The molecule has 0 aliphatic carbocycles. The molecule has 0 saturated carbocycles. The van der Waals surface area contributed by atoms with Crippen LogP contribution in [-0.4, -0.2) is 17.6 Å². The molecule has 1 amide bonds. The highest BCUT2D eigenvalue weighted by molar-refractivity contribution is 6.31. The number of aromatic hydroxyl groups is 1. The van der Waals surface area contributed by atoms with Crippen molar-refractivity contribution in [2.75, 3.05) is 11.9 Å². The van der Waals surface area contributed by atoms with Crippen molar-refractivity contribution in [2.24, 2.45) is 0 Å². The third-order valence-corrected chi connectivity index (χ3v) is 3.38. The van der Waals surface area contributed by atoms with E-state index in [1.807, 2.05) is 0 Å². The van der Waals surface area contributed by atoms with E-state index in [4.69, 9.17) is 16.3 Å². The van der Waals surface area contributed by atoms with Crippen molar-refractivity contribution < 1.29 is 27.8 Å². The molecule has 0 aromatic heterocycles. The second-order valence-corrected chi connectivity index (χ2v) is 5.17. The summed E-state index contributed by atoms with van der Waals surface area (Å²) >= 11 is 5.52. The molecule has 2 aromatic carbocycles. The molecule has 24 heavy (non-hydrogen) atoms. The maximum absolute atomic E-state index is 12.8. The number of carbonyl (C=O) groups excluding carboxylic acids is 1. The van der Waals surface area contributed by atoms with Gasteiger partial charge in [0.1, 0.15) is 11.5 Å². The number of halogens is 4. The Kier molecular flexibility index (Phi) is 5.23. The Morgan fingerprint density at radius 3 is 2.54 bits per heavy atom. The number of ether oxygens (including phenoxy) is 1. The number of nitrogens with one attached hydrogen (secondary N) is 1. The minimum atomic E-state index is -4.64. The van der Waals surface area contributed by atoms with E-state index in [1.54, 1.807) is 6.92 Å². The Morgan fingerprint density at radius 1 is 1.25 bits per heavy atom. The monoisotopic (exact) mass is 359 g/mol. The molecule has 0 aliphatic rings. The van der Waals surface area contributed by atoms with E-state index >= 15 is 0 Å². The number of phenols is 1. The smallest absolute Gasteiger partial charge is 0.417 e. The first-order valence-electron chi connectivity index (χ1n) is 6.86. The second kappa shape index (κ2) is 7.00. The van der Waals surface area contributed by atoms with E-state index in [1.165, 1.54) is 24.3 Å². The summed E-state index contributed by atoms with van der Waals surface area (Å²) in [5.74, 6) is -0.730. The van der Waals surface area contributed by atoms with Gasteiger partial charge in [-0.05, 0) is 37.3 Å². The lowest BCUT2D eigenvalue weighted by atomic mass is 10.1. The van der Waals surface area contributed by atoms with Crippen LogP contribution < -0.4 is 10.1 Å². The van der Waals surface area contributed by atoms with Crippen LogP contribution in [0, 0.1) is 0 Å². The van der Waals surface area contributed by atoms with E-state index in [0.717, 1.165) is 12.1 Å². The van der Waals surface area contributed by atoms with Crippen LogP contribution in [0.25, 0.3) is 0 Å². The van der Waals surface area contributed by atoms with E-state index in [9.17, 15) is 23.1 Å². The molecule has 0 bridgehead atoms. The van der Waals surface area contributed by atoms with Crippen molar-refractivity contribution in [3.05, 3.63) is 52.5 Å². The lowest BCUT2D eigenvalue weighted by Crippen LogP contribution is -2.13. The zero-order valence-electron chi connectivity index (χ0n) is 12.4. The normalized spacial score (nSPS) is 11.2. The Balaban J connectivity index is 2.24. The van der Waals surface area contributed by atoms with Crippen molar-refractivity contribution in [1.82, 2.24) is 0 Å². The zero-order chi connectivity index (χ0) is 17.9. The Hall–Kier alpha value is -2.41. The van der Waals surface area contributed by atoms with Gasteiger partial charge in [0.15, 0.2) is 0 Å². The number of hydrogen-bond donors (Lipinski definition) is 2. The molecule has 4 nitrogen and oxygen atoms in total. The summed E-state index contributed by atoms with van der Waals surface area (Å²) in [7, 11) is 0. The maximum Gasteiger partial charge on any atom is 0.417 e. The number of rotatable bonds is 4. The standard InChI is InChI=1S/C16H13ClF3NO3/c1-2-24-10-4-5-11(14(22)8-10)15(23)21-9-3-6-13(17)12(7-9)16(18,19)20/h3-8,22H,2H2,1H3,(H,21,23). The minimum Gasteiger partial charge on any atom is -0.507 e. The summed E-state index contributed by atoms with van der Waals surface area (Å²) in [6, 6.07) is 7.05. The van der Waals surface area contributed by atoms with Crippen LogP contribution in [-0.2, 0) is 6.18 Å². The number of benzene rings is 2. The summed E-state index contributed by atoms with van der Waals surface area (Å²) in [6.45, 7) is 2.15. The van der Waals surface area contributed by atoms with Crippen LogP contribution in [0.5, 0.6) is 11.5 Å². The highest BCUT2D eigenvalue weighted by Gasteiger charge is 2.33. The van der Waals surface area contributed by atoms with Crippen molar-refractivity contribution in [3.8, 4) is 11.5 Å². The van der Waals surface area contributed by atoms with Gasteiger partial charge in [0.25, 0.3) is 5.91 Å². The zero-order valence-corrected chi connectivity index (χ0v) is 13.2. The van der Waals surface area contributed by atoms with Gasteiger partial charge in [-0.1, -0.05) is 11.6 Å². The van der Waals surface area contributed by atoms with Crippen LogP contribution in [0.1, 0.15) is 22.8 Å². The van der Waals surface area contributed by atoms with E-state index in [2.05, 4.69) is 5.32 Å². The number of amides is 1. The van der Waals surface area contributed by atoms with Gasteiger partial charge in [-0.3, -0.25) is 4.79 Å². The molecule has 2 aromatic rings. The number of hydrogen-bond acceptors (Lipinski definition) is 3. The number of alkyl halides is 3. The van der Waals surface area contributed by atoms with Gasteiger partial charge in [-0.2, -0.15) is 13.2 Å². The van der Waals surface area contributed by atoms with Gasteiger partial charge in [0.05, 0.1) is 22.8 Å². The van der Waals surface area contributed by atoms with E-state index < -0.39 is 22.7 Å². The fourth-order valence-corrected chi connectivity index (χ4v) is 2.20. The Bertz CT molecular complexity index is 763. The average molecular weight is 360 g/mol. The molecule has 8 heteroatoms. The molecule has 2 rings (SSSR count). The molecule has 0 saturated heterocycles. The molecule has 2 N–H and O–H groups in total. The molecular formula is C16H13ClF3NO3. The molecule has 0 radical (unpaired) electrons. The van der Waals surface area contributed by atoms with Crippen molar-refractivity contribution in [2.45, 2.75) is 13.1 Å². The third-order valence-electron chi connectivity index (χ3n) is 3.05. The van der Waals surface area contributed by atoms with Crippen molar-refractivity contribution in [1.29, 1.82) is 0 Å². The summed E-state index contributed by atoms with van der Waals surface area (Å²) in [4.78, 5) is 12.1. The molecular weight excluding hydrogens is 347 g/mol. The van der Waals surface area contributed by atoms with Gasteiger partial charge in [0, 0.05) is 11.8 Å². The SMILES string of the molecule is CCOc1ccc(C(=O)Nc2ccc(Cl)c(C(F)(F)F)c2)c(O)c1. The summed E-state index contributed by atoms with van der Waals surface area (Å²) in [5.41, 5.74) is -1.25. The molecule has 0 spiro atoms. The molecule has 0 unspecified atom stereocenters. The summed E-state index contributed by atoms with van der Waals surface area (Å²) in [6.07, 6.45) is -4.64. The van der Waals surface area contributed by atoms with Gasteiger partial charge in [0.2, 0.25) is 0 Å². The quantitative estimate of drug-likeness (QED) is 0.830. The topological polar surface area (TPSA) is 58.6 Å². The van der Waals surface area contributed by atoms with Crippen LogP contribution in [0.2, 0.25) is 5.02 Å². The highest BCUT2D eigenvalue weighted by atomic mass is 35.5. The Labute approximate surface area is 140 Å². The average Bonchev–Trinajstić information content (AvgIpc) is 2.48. The van der Waals surface area contributed by atoms with Crippen molar-refractivity contribution >= 4 is 23.2 Å². The number of anilines is 1. The third kappa shape index (κ3) is 4.11. The van der Waals surface area contributed by atoms with Gasteiger partial charge >= 0.3 is 6.18 Å². The second-order valence-electron chi connectivity index (χ2n) is 4.76. The summed E-state index contributed by atoms with van der Waals surface area (Å²) in [5, 5.41) is 11.7. The molecule has 0 atom stereocenters. The fourth-order valence-electron chi connectivity index (χ4n) is 1.98. The molecule has 0 heterocycles. The first-order valence-corrected chi connectivity index (χ1v) is 7.24. The van der Waals surface area contributed by atoms with Gasteiger partial charge in [-0.25, -0.2) is 0 Å². The van der Waals surface area contributed by atoms with Gasteiger partial charge < -0.3 is 15.2 Å². The molecule has 0 fully saturated rings. The van der Waals surface area contributed by atoms with E-state index in [-0.39, 0.29) is 17.0 Å². The predicted molar refractivity (Wildman–Crippen MR) is 83.7 cm³/mol. The number of carbonyl (C=O) groups is 1. The fraction of sp³-hybridized carbons (Fsp3) is 0.188. The van der Waals surface area contributed by atoms with Crippen LogP contribution in [0.3, 0.4) is 0 Å². The van der Waals surface area contributed by atoms with Crippen LogP contribution >= 0.6 is 11.6 Å². The minimum absolute atomic E-state index is 0.0926. The summed E-state index contributed by atoms with van der Waals surface area (Å²) < 4.78 is 43.6.